The summed E-state index contributed by atoms with van der Waals surface area (Å²) < 4.78 is 0. The smallest absolute Gasteiger partial charge is 0.315 e. The van der Waals surface area contributed by atoms with E-state index in [1.807, 2.05) is 0 Å². The molecule has 0 unspecified atom stereocenters. The molecule has 2 fully saturated rings. The number of hydrogen-bond acceptors (Lipinski definition) is 6. The van der Waals surface area contributed by atoms with Crippen LogP contribution in [0, 0.1) is 0 Å². The van der Waals surface area contributed by atoms with Crippen molar-refractivity contribution in [2.24, 2.45) is 5.73 Å². The van der Waals surface area contributed by atoms with Gasteiger partial charge >= 0.3 is 6.03 Å². The van der Waals surface area contributed by atoms with Gasteiger partial charge in [-0.3, -0.25) is 19.4 Å². The highest BCUT2D eigenvalue weighted by Crippen LogP contribution is 2.23. The molecule has 0 spiro atoms. The second kappa shape index (κ2) is 10.2. The summed E-state index contributed by atoms with van der Waals surface area (Å²) in [5, 5.41) is 5.83. The van der Waals surface area contributed by atoms with Crippen LogP contribution in [0.2, 0.25) is 0 Å². The predicted octanol–water partition coefficient (Wildman–Crippen LogP) is -0.365. The zero-order chi connectivity index (χ0) is 22.4. The molecule has 1 aromatic rings. The molecule has 0 radical (unpaired) electrons. The van der Waals surface area contributed by atoms with Crippen LogP contribution in [0.3, 0.4) is 0 Å². The van der Waals surface area contributed by atoms with Crippen molar-refractivity contribution in [3.8, 4) is 0 Å². The lowest BCUT2D eigenvalue weighted by Crippen LogP contribution is -2.57. The Balaban J connectivity index is 1.75. The highest BCUT2D eigenvalue weighted by Gasteiger charge is 2.44. The van der Waals surface area contributed by atoms with Crippen LogP contribution in [0.15, 0.2) is 18.6 Å². The zero-order valence-electron chi connectivity index (χ0n) is 17.6. The Kier molecular flexibility index (Phi) is 7.37. The predicted molar refractivity (Wildman–Crippen MR) is 111 cm³/mol. The fourth-order valence-electron chi connectivity index (χ4n) is 4.21. The molecule has 11 nitrogen and oxygen atoms in total. The Labute approximate surface area is 180 Å². The SMILES string of the molecule is CN(CC(N)=O)C(=O)[C@@H]1[C@@H](NC(=O)NC2CCCCC2)CCN1C(=O)c1cnccn1. The van der Waals surface area contributed by atoms with E-state index in [0.29, 0.717) is 6.42 Å². The van der Waals surface area contributed by atoms with Gasteiger partial charge in [0.25, 0.3) is 5.91 Å². The highest BCUT2D eigenvalue weighted by atomic mass is 16.2. The van der Waals surface area contributed by atoms with E-state index in [1.165, 1.54) is 41.9 Å². The number of carbonyl (C=O) groups excluding carboxylic acids is 4. The van der Waals surface area contributed by atoms with E-state index in [4.69, 9.17) is 5.73 Å². The molecule has 1 saturated carbocycles. The molecule has 168 valence electrons. The summed E-state index contributed by atoms with van der Waals surface area (Å²) in [6.45, 7) is -0.0336. The van der Waals surface area contributed by atoms with Gasteiger partial charge in [0.15, 0.2) is 0 Å². The van der Waals surface area contributed by atoms with Crippen LogP contribution in [0.25, 0.3) is 0 Å². The van der Waals surface area contributed by atoms with Gasteiger partial charge in [-0.2, -0.15) is 0 Å². The van der Waals surface area contributed by atoms with E-state index in [1.54, 1.807) is 0 Å². The lowest BCUT2D eigenvalue weighted by Gasteiger charge is -2.31. The van der Waals surface area contributed by atoms with E-state index < -0.39 is 29.8 Å². The number of aromatic nitrogens is 2. The van der Waals surface area contributed by atoms with Gasteiger partial charge in [-0.05, 0) is 19.3 Å². The maximum absolute atomic E-state index is 13.1. The number of likely N-dealkylation sites (tertiary alicyclic amines) is 1. The number of likely N-dealkylation sites (N-methyl/N-ethyl adjacent to an activating group) is 1. The van der Waals surface area contributed by atoms with Gasteiger partial charge in [-0.15, -0.1) is 0 Å². The molecule has 5 amide bonds. The third-order valence-corrected chi connectivity index (χ3v) is 5.72. The van der Waals surface area contributed by atoms with E-state index in [2.05, 4.69) is 20.6 Å². The largest absolute Gasteiger partial charge is 0.368 e. The first-order chi connectivity index (χ1) is 14.9. The topological polar surface area (TPSA) is 151 Å². The molecule has 1 saturated heterocycles. The van der Waals surface area contributed by atoms with Crippen LogP contribution >= 0.6 is 0 Å². The third kappa shape index (κ3) is 5.68. The second-order valence-corrected chi connectivity index (χ2v) is 8.04. The quantitative estimate of drug-likeness (QED) is 0.559. The van der Waals surface area contributed by atoms with Crippen LogP contribution in [0.5, 0.6) is 0 Å². The van der Waals surface area contributed by atoms with E-state index in [0.717, 1.165) is 25.7 Å². The van der Waals surface area contributed by atoms with Crippen LogP contribution < -0.4 is 16.4 Å². The van der Waals surface area contributed by atoms with Crippen LogP contribution in [-0.2, 0) is 9.59 Å². The molecular weight excluding hydrogens is 402 g/mol. The van der Waals surface area contributed by atoms with Gasteiger partial charge in [0.05, 0.1) is 18.8 Å². The maximum Gasteiger partial charge on any atom is 0.315 e. The number of rotatable bonds is 6. The summed E-state index contributed by atoms with van der Waals surface area (Å²) >= 11 is 0. The molecule has 2 heterocycles. The van der Waals surface area contributed by atoms with Gasteiger partial charge in [0.1, 0.15) is 11.7 Å². The molecular formula is C20H29N7O4. The lowest BCUT2D eigenvalue weighted by molar-refractivity contribution is -0.137. The number of primary amides is 1. The molecule has 1 aliphatic heterocycles. The minimum absolute atomic E-state index is 0.102. The Morgan fingerprint density at radius 3 is 2.52 bits per heavy atom. The summed E-state index contributed by atoms with van der Waals surface area (Å²) in [6, 6.07) is -1.83. The van der Waals surface area contributed by atoms with Crippen molar-refractivity contribution in [2.75, 3.05) is 20.1 Å². The summed E-state index contributed by atoms with van der Waals surface area (Å²) in [4.78, 5) is 60.5. The molecule has 2 atom stereocenters. The van der Waals surface area contributed by atoms with E-state index in [-0.39, 0.29) is 30.9 Å². The number of nitrogens with zero attached hydrogens (tertiary/aromatic N) is 4. The van der Waals surface area contributed by atoms with Crippen molar-refractivity contribution >= 4 is 23.8 Å². The maximum atomic E-state index is 13.1. The van der Waals surface area contributed by atoms with Crippen LogP contribution in [0.4, 0.5) is 4.79 Å². The summed E-state index contributed by atoms with van der Waals surface area (Å²) in [5.74, 6) is -1.60. The molecule has 0 bridgehead atoms. The Bertz CT molecular complexity index is 813. The first-order valence-electron chi connectivity index (χ1n) is 10.5. The zero-order valence-corrected chi connectivity index (χ0v) is 17.6. The Hall–Kier alpha value is -3.24. The Morgan fingerprint density at radius 2 is 1.87 bits per heavy atom. The minimum atomic E-state index is -0.976. The number of urea groups is 1. The average molecular weight is 431 g/mol. The number of carbonyl (C=O) groups is 4. The number of hydrogen-bond donors (Lipinski definition) is 3. The number of amides is 5. The van der Waals surface area contributed by atoms with Crippen LogP contribution in [-0.4, -0.2) is 81.8 Å². The number of nitrogens with one attached hydrogen (secondary N) is 2. The van der Waals surface area contributed by atoms with Gasteiger partial charge in [-0.25, -0.2) is 9.78 Å². The van der Waals surface area contributed by atoms with Gasteiger partial charge in [-0.1, -0.05) is 19.3 Å². The molecule has 1 aliphatic carbocycles. The van der Waals surface area contributed by atoms with Crippen molar-refractivity contribution in [3.63, 3.8) is 0 Å². The molecule has 2 aliphatic rings. The fourth-order valence-corrected chi connectivity index (χ4v) is 4.21. The number of nitrogens with two attached hydrogens (primary N) is 1. The van der Waals surface area contributed by atoms with Gasteiger partial charge in [0.2, 0.25) is 11.8 Å². The second-order valence-electron chi connectivity index (χ2n) is 8.04. The van der Waals surface area contributed by atoms with E-state index in [9.17, 15) is 19.2 Å². The molecule has 3 rings (SSSR count). The molecule has 31 heavy (non-hydrogen) atoms. The van der Waals surface area contributed by atoms with Crippen molar-refractivity contribution in [1.82, 2.24) is 30.4 Å². The van der Waals surface area contributed by atoms with Crippen molar-refractivity contribution in [2.45, 2.75) is 56.7 Å². The summed E-state index contributed by atoms with van der Waals surface area (Å²) in [5.41, 5.74) is 5.33. The van der Waals surface area contributed by atoms with Crippen molar-refractivity contribution in [1.29, 1.82) is 0 Å². The van der Waals surface area contributed by atoms with Crippen LogP contribution in [0.1, 0.15) is 49.0 Å². The average Bonchev–Trinajstić information content (AvgIpc) is 3.16. The first kappa shape index (κ1) is 22.4. The van der Waals surface area contributed by atoms with E-state index >= 15 is 0 Å². The van der Waals surface area contributed by atoms with Crippen molar-refractivity contribution < 1.29 is 19.2 Å². The van der Waals surface area contributed by atoms with Gasteiger partial charge < -0.3 is 26.2 Å². The summed E-state index contributed by atoms with van der Waals surface area (Å²) in [6.07, 6.45) is 9.75. The summed E-state index contributed by atoms with van der Waals surface area (Å²) in [7, 11) is 1.44. The molecule has 0 aromatic carbocycles. The van der Waals surface area contributed by atoms with Crippen molar-refractivity contribution in [3.05, 3.63) is 24.3 Å². The normalized spacial score (nSPS) is 21.4. The Morgan fingerprint density at radius 1 is 1.13 bits per heavy atom. The molecule has 11 heteroatoms. The third-order valence-electron chi connectivity index (χ3n) is 5.72. The monoisotopic (exact) mass is 431 g/mol. The van der Waals surface area contributed by atoms with Gasteiger partial charge in [0, 0.05) is 32.0 Å². The standard InChI is InChI=1S/C20H29N7O4/c1-26(12-16(21)28)19(30)17-14(25-20(31)24-13-5-3-2-4-6-13)7-10-27(17)18(29)15-11-22-8-9-23-15/h8-9,11,13-14,17H,2-7,10,12H2,1H3,(H2,21,28)(H2,24,25,31)/t14-,17-/m0/s1. The molecule has 4 N–H and O–H groups in total. The fraction of sp³-hybridized carbons (Fsp3) is 0.600. The molecule has 1 aromatic heterocycles. The minimum Gasteiger partial charge on any atom is -0.368 e. The highest BCUT2D eigenvalue weighted by molar-refractivity contribution is 5.97. The first-order valence-corrected chi connectivity index (χ1v) is 10.5. The lowest BCUT2D eigenvalue weighted by atomic mass is 9.96.